The predicted octanol–water partition coefficient (Wildman–Crippen LogP) is 2.16. The second kappa shape index (κ2) is 4.58. The van der Waals surface area contributed by atoms with Crippen molar-refractivity contribution in [1.29, 1.82) is 0 Å². The molecule has 1 heterocycles. The summed E-state index contributed by atoms with van der Waals surface area (Å²) in [6, 6.07) is 8.75. The van der Waals surface area contributed by atoms with Gasteiger partial charge in [-0.25, -0.2) is 0 Å². The quantitative estimate of drug-likeness (QED) is 0.889. The molecule has 0 saturated heterocycles. The summed E-state index contributed by atoms with van der Waals surface area (Å²) in [5.74, 6) is 0.693. The molecule has 1 unspecified atom stereocenters. The van der Waals surface area contributed by atoms with Crippen molar-refractivity contribution >= 4 is 0 Å². The Hall–Kier alpha value is -1.61. The van der Waals surface area contributed by atoms with E-state index in [0.717, 1.165) is 13.1 Å². The molecule has 2 aromatic rings. The van der Waals surface area contributed by atoms with Crippen molar-refractivity contribution in [2.75, 3.05) is 6.54 Å². The molecule has 3 nitrogen and oxygen atoms in total. The second-order valence-corrected chi connectivity index (χ2v) is 5.11. The molecule has 0 aliphatic heterocycles. The fraction of sp³-hybridized carbons (Fsp3) is 0.400. The molecule has 0 bridgehead atoms. The normalized spacial score (nSPS) is 17.3. The first-order valence-corrected chi connectivity index (χ1v) is 6.51. The Bertz CT molecular complexity index is 557. The lowest BCUT2D eigenvalue weighted by molar-refractivity contribution is 0.535. The highest BCUT2D eigenvalue weighted by molar-refractivity contribution is 5.40. The summed E-state index contributed by atoms with van der Waals surface area (Å²) in [7, 11) is 1.99. The summed E-state index contributed by atoms with van der Waals surface area (Å²) in [4.78, 5) is 0. The fourth-order valence-electron chi connectivity index (χ4n) is 2.64. The van der Waals surface area contributed by atoms with Gasteiger partial charge in [-0.3, -0.25) is 4.68 Å². The van der Waals surface area contributed by atoms with Crippen LogP contribution in [0.5, 0.6) is 0 Å². The Morgan fingerprint density at radius 3 is 2.94 bits per heavy atom. The van der Waals surface area contributed by atoms with Crippen molar-refractivity contribution < 1.29 is 0 Å². The monoisotopic (exact) mass is 241 g/mol. The molecule has 1 aromatic carbocycles. The molecular weight excluding hydrogens is 222 g/mol. The number of aromatic nitrogens is 2. The maximum Gasteiger partial charge on any atom is 0.0537 e. The predicted molar refractivity (Wildman–Crippen MR) is 72.5 cm³/mol. The van der Waals surface area contributed by atoms with E-state index in [2.05, 4.69) is 41.6 Å². The van der Waals surface area contributed by atoms with E-state index in [4.69, 9.17) is 0 Å². The van der Waals surface area contributed by atoms with E-state index in [9.17, 15) is 0 Å². The zero-order chi connectivity index (χ0) is 12.5. The first-order valence-electron chi connectivity index (χ1n) is 6.51. The van der Waals surface area contributed by atoms with E-state index >= 15 is 0 Å². The number of nitrogens with one attached hydrogen (secondary N) is 1. The fourth-order valence-corrected chi connectivity index (χ4v) is 2.64. The van der Waals surface area contributed by atoms with Gasteiger partial charge in [0.2, 0.25) is 0 Å². The van der Waals surface area contributed by atoms with Crippen LogP contribution in [0.25, 0.3) is 0 Å². The Labute approximate surface area is 108 Å². The van der Waals surface area contributed by atoms with Gasteiger partial charge in [-0.15, -0.1) is 0 Å². The molecule has 18 heavy (non-hydrogen) atoms. The van der Waals surface area contributed by atoms with Crippen LogP contribution in [-0.4, -0.2) is 16.3 Å². The molecule has 1 N–H and O–H groups in total. The zero-order valence-electron chi connectivity index (χ0n) is 11.0. The summed E-state index contributed by atoms with van der Waals surface area (Å²) >= 11 is 0. The molecule has 1 aromatic heterocycles. The van der Waals surface area contributed by atoms with Gasteiger partial charge in [0, 0.05) is 37.3 Å². The number of nitrogens with zero attached hydrogens (tertiary/aromatic N) is 2. The molecule has 0 radical (unpaired) electrons. The number of aryl methyl sites for hydroxylation is 1. The van der Waals surface area contributed by atoms with E-state index in [0.29, 0.717) is 5.92 Å². The van der Waals surface area contributed by atoms with Crippen molar-refractivity contribution in [3.05, 3.63) is 52.8 Å². The summed E-state index contributed by atoms with van der Waals surface area (Å²) < 4.78 is 1.93. The van der Waals surface area contributed by atoms with Crippen molar-refractivity contribution in [2.24, 2.45) is 7.05 Å². The maximum atomic E-state index is 4.26. The third-order valence-corrected chi connectivity index (χ3v) is 4.00. The van der Waals surface area contributed by atoms with Gasteiger partial charge in [0.05, 0.1) is 6.20 Å². The number of benzene rings is 1. The van der Waals surface area contributed by atoms with E-state index in [1.54, 1.807) is 0 Å². The Balaban J connectivity index is 1.54. The van der Waals surface area contributed by atoms with Crippen LogP contribution in [0.15, 0.2) is 30.5 Å². The van der Waals surface area contributed by atoms with Gasteiger partial charge in [0.15, 0.2) is 0 Å². The number of rotatable bonds is 4. The third kappa shape index (κ3) is 1.95. The Morgan fingerprint density at radius 2 is 2.22 bits per heavy atom. The van der Waals surface area contributed by atoms with Gasteiger partial charge >= 0.3 is 0 Å². The second-order valence-electron chi connectivity index (χ2n) is 5.11. The van der Waals surface area contributed by atoms with Crippen LogP contribution < -0.4 is 5.32 Å². The first-order chi connectivity index (χ1) is 8.75. The van der Waals surface area contributed by atoms with Gasteiger partial charge in [-0.2, -0.15) is 5.10 Å². The summed E-state index contributed by atoms with van der Waals surface area (Å²) in [5, 5.41) is 7.81. The molecule has 0 fully saturated rings. The Morgan fingerprint density at radius 1 is 1.39 bits per heavy atom. The van der Waals surface area contributed by atoms with Crippen molar-refractivity contribution in [2.45, 2.75) is 25.8 Å². The lowest BCUT2D eigenvalue weighted by atomic mass is 9.77. The SMILES string of the molecule is Cc1c(CNCC2Cc3ccccc32)cnn1C. The highest BCUT2D eigenvalue weighted by atomic mass is 15.3. The molecular formula is C15H19N3. The summed E-state index contributed by atoms with van der Waals surface area (Å²) in [6.45, 7) is 4.09. The van der Waals surface area contributed by atoms with Gasteiger partial charge in [0.25, 0.3) is 0 Å². The molecule has 1 aliphatic carbocycles. The molecule has 0 saturated carbocycles. The molecule has 1 aliphatic rings. The lowest BCUT2D eigenvalue weighted by Crippen LogP contribution is -2.28. The average Bonchev–Trinajstić information content (AvgIpc) is 2.66. The van der Waals surface area contributed by atoms with E-state index in [1.165, 1.54) is 28.8 Å². The van der Waals surface area contributed by atoms with Gasteiger partial charge < -0.3 is 5.32 Å². The van der Waals surface area contributed by atoms with E-state index in [1.807, 2.05) is 17.9 Å². The minimum Gasteiger partial charge on any atom is -0.312 e. The van der Waals surface area contributed by atoms with Crippen LogP contribution in [0.2, 0.25) is 0 Å². The first kappa shape index (κ1) is 11.5. The largest absolute Gasteiger partial charge is 0.312 e. The van der Waals surface area contributed by atoms with Crippen LogP contribution >= 0.6 is 0 Å². The molecule has 3 rings (SSSR count). The zero-order valence-corrected chi connectivity index (χ0v) is 11.0. The topological polar surface area (TPSA) is 29.9 Å². The Kier molecular flexibility index (Phi) is 2.92. The molecule has 0 amide bonds. The van der Waals surface area contributed by atoms with Gasteiger partial charge in [-0.1, -0.05) is 24.3 Å². The molecule has 0 spiro atoms. The van der Waals surface area contributed by atoms with Crippen molar-refractivity contribution in [1.82, 2.24) is 15.1 Å². The lowest BCUT2D eigenvalue weighted by Gasteiger charge is -2.30. The highest BCUT2D eigenvalue weighted by Crippen LogP contribution is 2.33. The van der Waals surface area contributed by atoms with Crippen LogP contribution in [-0.2, 0) is 20.0 Å². The standard InChI is InChI=1S/C15H19N3/c1-11-14(10-17-18(11)2)9-16-8-13-7-12-5-3-4-6-15(12)13/h3-6,10,13,16H,7-9H2,1-2H3. The average molecular weight is 241 g/mol. The molecule has 3 heteroatoms. The van der Waals surface area contributed by atoms with Crippen molar-refractivity contribution in [3.63, 3.8) is 0 Å². The minimum atomic E-state index is 0.693. The van der Waals surface area contributed by atoms with Crippen LogP contribution in [0.3, 0.4) is 0 Å². The van der Waals surface area contributed by atoms with Crippen LogP contribution in [0.1, 0.15) is 28.3 Å². The molecule has 1 atom stereocenters. The maximum absolute atomic E-state index is 4.26. The van der Waals surface area contributed by atoms with Gasteiger partial charge in [0.1, 0.15) is 0 Å². The van der Waals surface area contributed by atoms with Crippen LogP contribution in [0, 0.1) is 6.92 Å². The minimum absolute atomic E-state index is 0.693. The third-order valence-electron chi connectivity index (χ3n) is 4.00. The summed E-state index contributed by atoms with van der Waals surface area (Å²) in [6.07, 6.45) is 3.17. The van der Waals surface area contributed by atoms with Crippen LogP contribution in [0.4, 0.5) is 0 Å². The molecule has 94 valence electrons. The number of fused-ring (bicyclic) bond motifs is 1. The van der Waals surface area contributed by atoms with E-state index < -0.39 is 0 Å². The van der Waals surface area contributed by atoms with Crippen molar-refractivity contribution in [3.8, 4) is 0 Å². The summed E-state index contributed by atoms with van der Waals surface area (Å²) in [5.41, 5.74) is 5.58. The van der Waals surface area contributed by atoms with E-state index in [-0.39, 0.29) is 0 Å². The number of hydrogen-bond donors (Lipinski definition) is 1. The number of hydrogen-bond acceptors (Lipinski definition) is 2. The van der Waals surface area contributed by atoms with Gasteiger partial charge in [-0.05, 0) is 24.5 Å². The smallest absolute Gasteiger partial charge is 0.0537 e. The highest BCUT2D eigenvalue weighted by Gasteiger charge is 2.24.